The summed E-state index contributed by atoms with van der Waals surface area (Å²) in [6.45, 7) is 0. The summed E-state index contributed by atoms with van der Waals surface area (Å²) in [4.78, 5) is 11.9. The number of benzene rings is 2. The Bertz CT molecular complexity index is 806. The molecule has 0 radical (unpaired) electrons. The van der Waals surface area contributed by atoms with Crippen LogP contribution in [0.4, 0.5) is 13.2 Å². The fourth-order valence-corrected chi connectivity index (χ4v) is 2.30. The van der Waals surface area contributed by atoms with Gasteiger partial charge in [0.25, 0.3) is 5.91 Å². The average Bonchev–Trinajstić information content (AvgIpc) is 2.57. The van der Waals surface area contributed by atoms with Crippen LogP contribution in [0.1, 0.15) is 21.5 Å². The van der Waals surface area contributed by atoms with E-state index in [2.05, 4.69) is 26.5 Å². The van der Waals surface area contributed by atoms with Crippen molar-refractivity contribution in [1.29, 1.82) is 0 Å². The number of methoxy groups -OCH3 is 1. The number of rotatable bonds is 4. The Morgan fingerprint density at radius 3 is 2.48 bits per heavy atom. The zero-order chi connectivity index (χ0) is 18.6. The third kappa shape index (κ3) is 4.72. The van der Waals surface area contributed by atoms with E-state index >= 15 is 0 Å². The summed E-state index contributed by atoms with van der Waals surface area (Å²) >= 11 is 3.15. The first kappa shape index (κ1) is 18.8. The van der Waals surface area contributed by atoms with Crippen molar-refractivity contribution in [1.82, 2.24) is 5.43 Å². The lowest BCUT2D eigenvalue weighted by Crippen LogP contribution is -2.18. The minimum atomic E-state index is -4.47. The second-order valence-corrected chi connectivity index (χ2v) is 5.68. The van der Waals surface area contributed by atoms with E-state index in [9.17, 15) is 23.1 Å². The number of nitrogens with zero attached hydrogens (tertiary/aromatic N) is 1. The SMILES string of the molecule is COc1cc(Br)c(O)c(/C=N/NC(=O)c2ccc(C(F)(F)F)cc2)c1. The number of aromatic hydroxyl groups is 1. The molecule has 1 amide bonds. The van der Waals surface area contributed by atoms with Gasteiger partial charge in [0.15, 0.2) is 0 Å². The number of phenols is 1. The summed E-state index contributed by atoms with van der Waals surface area (Å²) in [6, 6.07) is 6.76. The van der Waals surface area contributed by atoms with Gasteiger partial charge in [0, 0.05) is 11.1 Å². The maximum Gasteiger partial charge on any atom is 0.416 e. The molecular weight excluding hydrogens is 405 g/mol. The monoisotopic (exact) mass is 416 g/mol. The Morgan fingerprint density at radius 2 is 1.92 bits per heavy atom. The van der Waals surface area contributed by atoms with Crippen molar-refractivity contribution < 1.29 is 27.8 Å². The molecule has 0 aliphatic rings. The minimum Gasteiger partial charge on any atom is -0.506 e. The van der Waals surface area contributed by atoms with Crippen molar-refractivity contribution in [2.45, 2.75) is 6.18 Å². The number of amides is 1. The molecule has 0 aromatic heterocycles. The zero-order valence-corrected chi connectivity index (χ0v) is 14.4. The van der Waals surface area contributed by atoms with Crippen LogP contribution in [-0.2, 0) is 6.18 Å². The maximum absolute atomic E-state index is 12.5. The number of carbonyl (C=O) groups is 1. The standard InChI is InChI=1S/C16H12BrF3N2O3/c1-25-12-6-10(14(23)13(17)7-12)8-21-22-15(24)9-2-4-11(5-3-9)16(18,19)20/h2-8,23H,1H3,(H,22,24)/b21-8+. The quantitative estimate of drug-likeness (QED) is 0.585. The lowest BCUT2D eigenvalue weighted by molar-refractivity contribution is -0.137. The number of halogens is 4. The molecule has 0 bridgehead atoms. The Kier molecular flexibility index (Phi) is 5.68. The second-order valence-electron chi connectivity index (χ2n) is 4.82. The summed E-state index contributed by atoms with van der Waals surface area (Å²) in [5.74, 6) is -0.333. The molecule has 25 heavy (non-hydrogen) atoms. The highest BCUT2D eigenvalue weighted by molar-refractivity contribution is 9.10. The van der Waals surface area contributed by atoms with Crippen molar-refractivity contribution in [2.24, 2.45) is 5.10 Å². The predicted molar refractivity (Wildman–Crippen MR) is 88.9 cm³/mol. The minimum absolute atomic E-state index is 0.0150. The van der Waals surface area contributed by atoms with E-state index in [0.717, 1.165) is 24.3 Å². The molecule has 2 aromatic carbocycles. The third-order valence-electron chi connectivity index (χ3n) is 3.15. The molecule has 2 N–H and O–H groups in total. The first-order valence-corrected chi connectivity index (χ1v) is 7.59. The molecule has 0 fully saturated rings. The lowest BCUT2D eigenvalue weighted by atomic mass is 10.1. The van der Waals surface area contributed by atoms with Gasteiger partial charge in [0.1, 0.15) is 11.5 Å². The normalized spacial score (nSPS) is 11.6. The van der Waals surface area contributed by atoms with Gasteiger partial charge in [-0.1, -0.05) is 0 Å². The molecule has 0 saturated heterocycles. The molecule has 0 saturated carbocycles. The summed E-state index contributed by atoms with van der Waals surface area (Å²) < 4.78 is 42.9. The van der Waals surface area contributed by atoms with Gasteiger partial charge in [0.05, 0.1) is 23.4 Å². The number of phenolic OH excluding ortho intramolecular Hbond substituents is 1. The van der Waals surface area contributed by atoms with E-state index < -0.39 is 17.6 Å². The number of carbonyl (C=O) groups excluding carboxylic acids is 1. The van der Waals surface area contributed by atoms with Crippen molar-refractivity contribution in [2.75, 3.05) is 7.11 Å². The highest BCUT2D eigenvalue weighted by Crippen LogP contribution is 2.31. The van der Waals surface area contributed by atoms with Gasteiger partial charge in [-0.3, -0.25) is 4.79 Å². The van der Waals surface area contributed by atoms with E-state index in [1.807, 2.05) is 0 Å². The van der Waals surface area contributed by atoms with Gasteiger partial charge in [-0.2, -0.15) is 18.3 Å². The molecule has 2 rings (SSSR count). The summed E-state index contributed by atoms with van der Waals surface area (Å²) in [5.41, 5.74) is 1.62. The number of hydrogen-bond acceptors (Lipinski definition) is 4. The number of ether oxygens (including phenoxy) is 1. The third-order valence-corrected chi connectivity index (χ3v) is 3.75. The van der Waals surface area contributed by atoms with Gasteiger partial charge in [0.2, 0.25) is 0 Å². The zero-order valence-electron chi connectivity index (χ0n) is 12.8. The van der Waals surface area contributed by atoms with Crippen molar-refractivity contribution in [3.05, 3.63) is 57.6 Å². The molecule has 0 atom stereocenters. The second kappa shape index (κ2) is 7.56. The fourth-order valence-electron chi connectivity index (χ4n) is 1.85. The molecule has 5 nitrogen and oxygen atoms in total. The van der Waals surface area contributed by atoms with E-state index in [1.165, 1.54) is 19.4 Å². The molecule has 0 spiro atoms. The Balaban J connectivity index is 2.09. The van der Waals surface area contributed by atoms with Crippen LogP contribution in [-0.4, -0.2) is 24.3 Å². The predicted octanol–water partition coefficient (Wildman–Crippen LogP) is 3.95. The van der Waals surface area contributed by atoms with E-state index in [4.69, 9.17) is 4.74 Å². The highest BCUT2D eigenvalue weighted by Gasteiger charge is 2.30. The van der Waals surface area contributed by atoms with Crippen LogP contribution in [0.3, 0.4) is 0 Å². The molecular formula is C16H12BrF3N2O3. The molecule has 132 valence electrons. The average molecular weight is 417 g/mol. The van der Waals surface area contributed by atoms with E-state index in [-0.39, 0.29) is 16.9 Å². The molecule has 2 aromatic rings. The van der Waals surface area contributed by atoms with Crippen LogP contribution in [0.25, 0.3) is 0 Å². The van der Waals surface area contributed by atoms with Gasteiger partial charge in [-0.25, -0.2) is 5.43 Å². The fraction of sp³-hybridized carbons (Fsp3) is 0.125. The van der Waals surface area contributed by atoms with Crippen LogP contribution in [0.2, 0.25) is 0 Å². The highest BCUT2D eigenvalue weighted by atomic mass is 79.9. The lowest BCUT2D eigenvalue weighted by Gasteiger charge is -2.07. The van der Waals surface area contributed by atoms with Crippen LogP contribution in [0.15, 0.2) is 46.0 Å². The van der Waals surface area contributed by atoms with Gasteiger partial charge < -0.3 is 9.84 Å². The molecule has 0 unspecified atom stereocenters. The first-order chi connectivity index (χ1) is 11.7. The molecule has 9 heteroatoms. The smallest absolute Gasteiger partial charge is 0.416 e. The van der Waals surface area contributed by atoms with Gasteiger partial charge in [-0.15, -0.1) is 0 Å². The number of hydrazone groups is 1. The van der Waals surface area contributed by atoms with Crippen molar-refractivity contribution >= 4 is 28.1 Å². The van der Waals surface area contributed by atoms with Crippen molar-refractivity contribution in [3.8, 4) is 11.5 Å². The van der Waals surface area contributed by atoms with Crippen molar-refractivity contribution in [3.63, 3.8) is 0 Å². The summed E-state index contributed by atoms with van der Waals surface area (Å²) in [6.07, 6.45) is -3.28. The molecule has 0 aliphatic heterocycles. The van der Waals surface area contributed by atoms with E-state index in [0.29, 0.717) is 10.2 Å². The topological polar surface area (TPSA) is 70.9 Å². The number of nitrogens with one attached hydrogen (secondary N) is 1. The van der Waals surface area contributed by atoms with Gasteiger partial charge >= 0.3 is 6.18 Å². The molecule has 0 heterocycles. The van der Waals surface area contributed by atoms with Crippen LogP contribution in [0, 0.1) is 0 Å². The van der Waals surface area contributed by atoms with Crippen LogP contribution >= 0.6 is 15.9 Å². The summed E-state index contributed by atoms with van der Waals surface area (Å²) in [7, 11) is 1.45. The largest absolute Gasteiger partial charge is 0.506 e. The number of hydrogen-bond donors (Lipinski definition) is 2. The Hall–Kier alpha value is -2.55. The number of alkyl halides is 3. The Labute approximate surface area is 149 Å². The molecule has 0 aliphatic carbocycles. The van der Waals surface area contributed by atoms with Gasteiger partial charge in [-0.05, 0) is 52.3 Å². The Morgan fingerprint density at radius 1 is 1.28 bits per heavy atom. The first-order valence-electron chi connectivity index (χ1n) is 6.79. The van der Waals surface area contributed by atoms with Crippen LogP contribution in [0.5, 0.6) is 11.5 Å². The van der Waals surface area contributed by atoms with E-state index in [1.54, 1.807) is 6.07 Å². The van der Waals surface area contributed by atoms with Crippen LogP contribution < -0.4 is 10.2 Å². The maximum atomic E-state index is 12.5. The summed E-state index contributed by atoms with van der Waals surface area (Å²) in [5, 5.41) is 13.6.